The molecule has 0 heterocycles. The Bertz CT molecular complexity index is 397. The summed E-state index contributed by atoms with van der Waals surface area (Å²) in [5.74, 6) is 0.618. The van der Waals surface area contributed by atoms with Gasteiger partial charge in [-0.2, -0.15) is 0 Å². The lowest BCUT2D eigenvalue weighted by Gasteiger charge is -2.27. The normalized spacial score (nSPS) is 17.3. The summed E-state index contributed by atoms with van der Waals surface area (Å²) in [5, 5.41) is 14.0. The van der Waals surface area contributed by atoms with Crippen molar-refractivity contribution in [3.05, 3.63) is 28.2 Å². The second-order valence-corrected chi connectivity index (χ2v) is 5.39. The zero-order valence-electron chi connectivity index (χ0n) is 10.0. The summed E-state index contributed by atoms with van der Waals surface area (Å²) >= 11 is 11.7. The van der Waals surface area contributed by atoms with Gasteiger partial charge in [-0.25, -0.2) is 0 Å². The molecule has 0 aromatic heterocycles. The number of aliphatic hydroxyl groups is 1. The SMILES string of the molecule is OC(CNC1CCC1)COc1ccc(Cl)c(Cl)c1. The zero-order chi connectivity index (χ0) is 13.0. The van der Waals surface area contributed by atoms with Crippen LogP contribution in [0, 0.1) is 0 Å². The molecule has 5 heteroatoms. The van der Waals surface area contributed by atoms with E-state index >= 15 is 0 Å². The molecule has 1 atom stereocenters. The van der Waals surface area contributed by atoms with Gasteiger partial charge in [0.2, 0.25) is 0 Å². The van der Waals surface area contributed by atoms with Gasteiger partial charge >= 0.3 is 0 Å². The van der Waals surface area contributed by atoms with Crippen molar-refractivity contribution in [3.63, 3.8) is 0 Å². The predicted octanol–water partition coefficient (Wildman–Crippen LogP) is 2.88. The maximum absolute atomic E-state index is 9.76. The van der Waals surface area contributed by atoms with Crippen LogP contribution in [0.15, 0.2) is 18.2 Å². The summed E-state index contributed by atoms with van der Waals surface area (Å²) in [4.78, 5) is 0. The van der Waals surface area contributed by atoms with Crippen molar-refractivity contribution in [1.29, 1.82) is 0 Å². The molecule has 2 rings (SSSR count). The summed E-state index contributed by atoms with van der Waals surface area (Å²) < 4.78 is 5.45. The van der Waals surface area contributed by atoms with Gasteiger partial charge in [0.25, 0.3) is 0 Å². The molecule has 1 aromatic carbocycles. The lowest BCUT2D eigenvalue weighted by atomic mass is 9.93. The standard InChI is InChI=1S/C13H17Cl2NO2/c14-12-5-4-11(6-13(12)15)18-8-10(17)7-16-9-2-1-3-9/h4-6,9-10,16-17H,1-3,7-8H2. The van der Waals surface area contributed by atoms with Gasteiger partial charge in [-0.15, -0.1) is 0 Å². The van der Waals surface area contributed by atoms with Crippen LogP contribution in [0.5, 0.6) is 5.75 Å². The van der Waals surface area contributed by atoms with Crippen molar-refractivity contribution in [2.75, 3.05) is 13.2 Å². The number of hydrogen-bond donors (Lipinski definition) is 2. The number of rotatable bonds is 6. The molecule has 1 fully saturated rings. The molecule has 0 radical (unpaired) electrons. The molecular formula is C13H17Cl2NO2. The Labute approximate surface area is 117 Å². The summed E-state index contributed by atoms with van der Waals surface area (Å²) in [5.41, 5.74) is 0. The molecule has 1 aliphatic carbocycles. The third-order valence-corrected chi connectivity index (χ3v) is 3.82. The van der Waals surface area contributed by atoms with Crippen molar-refractivity contribution < 1.29 is 9.84 Å². The average molecular weight is 290 g/mol. The largest absolute Gasteiger partial charge is 0.491 e. The van der Waals surface area contributed by atoms with Crippen molar-refractivity contribution >= 4 is 23.2 Å². The Morgan fingerprint density at radius 3 is 2.72 bits per heavy atom. The maximum Gasteiger partial charge on any atom is 0.121 e. The molecule has 1 aromatic rings. The lowest BCUT2D eigenvalue weighted by molar-refractivity contribution is 0.0997. The number of ether oxygens (including phenoxy) is 1. The highest BCUT2D eigenvalue weighted by atomic mass is 35.5. The minimum Gasteiger partial charge on any atom is -0.491 e. The van der Waals surface area contributed by atoms with Gasteiger partial charge < -0.3 is 15.2 Å². The van der Waals surface area contributed by atoms with E-state index in [1.807, 2.05) is 0 Å². The smallest absolute Gasteiger partial charge is 0.121 e. The molecule has 0 spiro atoms. The van der Waals surface area contributed by atoms with E-state index in [9.17, 15) is 5.11 Å². The van der Waals surface area contributed by atoms with Crippen LogP contribution in [0.1, 0.15) is 19.3 Å². The van der Waals surface area contributed by atoms with Gasteiger partial charge in [0, 0.05) is 18.7 Å². The summed E-state index contributed by atoms with van der Waals surface area (Å²) in [6, 6.07) is 5.64. The minimum absolute atomic E-state index is 0.248. The van der Waals surface area contributed by atoms with E-state index in [1.165, 1.54) is 19.3 Å². The fraction of sp³-hybridized carbons (Fsp3) is 0.538. The number of benzene rings is 1. The van der Waals surface area contributed by atoms with Gasteiger partial charge in [-0.3, -0.25) is 0 Å². The Hall–Kier alpha value is -0.480. The molecule has 2 N–H and O–H groups in total. The minimum atomic E-state index is -0.514. The van der Waals surface area contributed by atoms with E-state index in [1.54, 1.807) is 18.2 Å². The molecule has 100 valence electrons. The van der Waals surface area contributed by atoms with E-state index in [2.05, 4.69) is 5.32 Å². The zero-order valence-corrected chi connectivity index (χ0v) is 11.5. The highest BCUT2D eigenvalue weighted by Crippen LogP contribution is 2.26. The highest BCUT2D eigenvalue weighted by Gasteiger charge is 2.17. The van der Waals surface area contributed by atoms with Gasteiger partial charge in [-0.05, 0) is 25.0 Å². The van der Waals surface area contributed by atoms with Crippen LogP contribution in [0.4, 0.5) is 0 Å². The van der Waals surface area contributed by atoms with Crippen LogP contribution in [0.25, 0.3) is 0 Å². The second-order valence-electron chi connectivity index (χ2n) is 4.58. The van der Waals surface area contributed by atoms with E-state index in [4.69, 9.17) is 27.9 Å². The summed E-state index contributed by atoms with van der Waals surface area (Å²) in [6.07, 6.45) is 3.19. The monoisotopic (exact) mass is 289 g/mol. The average Bonchev–Trinajstić information content (AvgIpc) is 2.29. The Balaban J connectivity index is 1.70. The Morgan fingerprint density at radius 2 is 2.11 bits per heavy atom. The Morgan fingerprint density at radius 1 is 1.33 bits per heavy atom. The molecule has 3 nitrogen and oxygen atoms in total. The van der Waals surface area contributed by atoms with E-state index < -0.39 is 6.10 Å². The number of nitrogens with one attached hydrogen (secondary N) is 1. The lowest BCUT2D eigenvalue weighted by Crippen LogP contribution is -2.41. The molecule has 1 aliphatic rings. The molecule has 0 saturated heterocycles. The van der Waals surface area contributed by atoms with Crippen LogP contribution < -0.4 is 10.1 Å². The number of hydrogen-bond acceptors (Lipinski definition) is 3. The van der Waals surface area contributed by atoms with E-state index in [-0.39, 0.29) is 6.61 Å². The van der Waals surface area contributed by atoms with E-state index in [0.717, 1.165) is 0 Å². The van der Waals surface area contributed by atoms with E-state index in [0.29, 0.717) is 28.4 Å². The van der Waals surface area contributed by atoms with Crippen LogP contribution in [0.2, 0.25) is 10.0 Å². The van der Waals surface area contributed by atoms with Crippen LogP contribution in [-0.2, 0) is 0 Å². The molecular weight excluding hydrogens is 273 g/mol. The first-order valence-electron chi connectivity index (χ1n) is 6.14. The topological polar surface area (TPSA) is 41.5 Å². The van der Waals surface area contributed by atoms with Crippen LogP contribution in [-0.4, -0.2) is 30.4 Å². The summed E-state index contributed by atoms with van der Waals surface area (Å²) in [6.45, 7) is 0.809. The van der Waals surface area contributed by atoms with Crippen molar-refractivity contribution in [2.45, 2.75) is 31.4 Å². The van der Waals surface area contributed by atoms with Gasteiger partial charge in [0.1, 0.15) is 18.5 Å². The van der Waals surface area contributed by atoms with Gasteiger partial charge in [-0.1, -0.05) is 29.6 Å². The number of aliphatic hydroxyl groups excluding tert-OH is 1. The fourth-order valence-electron chi connectivity index (χ4n) is 1.73. The second kappa shape index (κ2) is 6.62. The highest BCUT2D eigenvalue weighted by molar-refractivity contribution is 6.42. The van der Waals surface area contributed by atoms with Crippen molar-refractivity contribution in [3.8, 4) is 5.75 Å². The predicted molar refractivity (Wildman–Crippen MR) is 73.6 cm³/mol. The molecule has 0 aliphatic heterocycles. The fourth-order valence-corrected chi connectivity index (χ4v) is 2.02. The molecule has 1 unspecified atom stereocenters. The molecule has 0 bridgehead atoms. The maximum atomic E-state index is 9.76. The third kappa shape index (κ3) is 4.02. The molecule has 1 saturated carbocycles. The summed E-state index contributed by atoms with van der Waals surface area (Å²) in [7, 11) is 0. The first kappa shape index (κ1) is 13.9. The van der Waals surface area contributed by atoms with Crippen LogP contribution in [0.3, 0.4) is 0 Å². The van der Waals surface area contributed by atoms with Crippen molar-refractivity contribution in [2.24, 2.45) is 0 Å². The first-order chi connectivity index (χ1) is 8.65. The molecule has 18 heavy (non-hydrogen) atoms. The third-order valence-electron chi connectivity index (χ3n) is 3.08. The first-order valence-corrected chi connectivity index (χ1v) is 6.90. The van der Waals surface area contributed by atoms with Crippen LogP contribution >= 0.6 is 23.2 Å². The molecule has 0 amide bonds. The van der Waals surface area contributed by atoms with Gasteiger partial charge in [0.15, 0.2) is 0 Å². The number of halogens is 2. The van der Waals surface area contributed by atoms with Gasteiger partial charge in [0.05, 0.1) is 10.0 Å². The quantitative estimate of drug-likeness (QED) is 0.846. The Kier molecular flexibility index (Phi) is 5.13. The van der Waals surface area contributed by atoms with Crippen molar-refractivity contribution in [1.82, 2.24) is 5.32 Å².